The number of carbonyl (C=O) groups is 3. The molecule has 1 aliphatic rings. The molecule has 1 saturated heterocycles. The maximum Gasteiger partial charge on any atom is 0.262 e. The molecule has 0 bridgehead atoms. The minimum Gasteiger partial charge on any atom is -0.484 e. The molecule has 2 aromatic rings. The monoisotopic (exact) mass is 493 g/mol. The van der Waals surface area contributed by atoms with E-state index in [4.69, 9.17) is 32.7 Å². The predicted octanol–water partition coefficient (Wildman–Crippen LogP) is 3.52. The Hall–Kier alpha value is -2.81. The molecule has 3 rings (SSSR count). The first-order chi connectivity index (χ1) is 15.9. The number of nitrogens with zero attached hydrogens (tertiary/aromatic N) is 1. The summed E-state index contributed by atoms with van der Waals surface area (Å²) in [6.07, 6.45) is 0.892. The van der Waals surface area contributed by atoms with E-state index in [1.807, 2.05) is 0 Å². The number of halogens is 2. The molecule has 0 aromatic heterocycles. The summed E-state index contributed by atoms with van der Waals surface area (Å²) in [4.78, 5) is 38.4. The molecule has 8 nitrogen and oxygen atoms in total. The Labute approximate surface area is 202 Å². The van der Waals surface area contributed by atoms with Crippen LogP contribution >= 0.6 is 23.2 Å². The lowest BCUT2D eigenvalue weighted by Gasteiger charge is -2.17. The number of methoxy groups -OCH3 is 1. The SMILES string of the molecule is COCCCNC(=O)[C@H]1CC(=O)N(c2ccc(OCC(=O)Nc3ccc(Cl)c(Cl)c3)cc2)C1. The van der Waals surface area contributed by atoms with E-state index >= 15 is 0 Å². The molecule has 0 radical (unpaired) electrons. The van der Waals surface area contributed by atoms with Gasteiger partial charge in [-0.05, 0) is 48.9 Å². The van der Waals surface area contributed by atoms with Crippen molar-refractivity contribution in [1.29, 1.82) is 0 Å². The van der Waals surface area contributed by atoms with Crippen LogP contribution in [0.2, 0.25) is 10.0 Å². The van der Waals surface area contributed by atoms with Crippen molar-refractivity contribution in [3.63, 3.8) is 0 Å². The van der Waals surface area contributed by atoms with Crippen molar-refractivity contribution in [2.75, 3.05) is 43.6 Å². The zero-order valence-corrected chi connectivity index (χ0v) is 19.6. The van der Waals surface area contributed by atoms with Crippen molar-refractivity contribution in [1.82, 2.24) is 5.32 Å². The van der Waals surface area contributed by atoms with Gasteiger partial charge in [0.1, 0.15) is 5.75 Å². The summed E-state index contributed by atoms with van der Waals surface area (Å²) in [6, 6.07) is 11.6. The summed E-state index contributed by atoms with van der Waals surface area (Å²) in [5.41, 5.74) is 1.18. The quantitative estimate of drug-likeness (QED) is 0.493. The van der Waals surface area contributed by atoms with E-state index in [0.29, 0.717) is 46.9 Å². The third-order valence-electron chi connectivity index (χ3n) is 5.04. The number of rotatable bonds is 10. The Morgan fingerprint density at radius 3 is 2.58 bits per heavy atom. The number of hydrogen-bond donors (Lipinski definition) is 2. The first-order valence-corrected chi connectivity index (χ1v) is 11.2. The molecule has 2 aromatic carbocycles. The standard InChI is InChI=1S/C23H25Cl2N3O5/c1-32-10-2-9-26-23(31)15-11-22(30)28(13-15)17-4-6-18(7-5-17)33-14-21(29)27-16-3-8-19(24)20(25)12-16/h3-8,12,15H,2,9-11,13-14H2,1H3,(H,26,31)(H,27,29)/t15-/m0/s1. The molecule has 0 aliphatic carbocycles. The maximum atomic E-state index is 12.4. The van der Waals surface area contributed by atoms with E-state index in [9.17, 15) is 14.4 Å². The summed E-state index contributed by atoms with van der Waals surface area (Å²) >= 11 is 11.8. The lowest BCUT2D eigenvalue weighted by Crippen LogP contribution is -2.33. The second-order valence-corrected chi connectivity index (χ2v) is 8.32. The van der Waals surface area contributed by atoms with Gasteiger partial charge < -0.3 is 25.0 Å². The summed E-state index contributed by atoms with van der Waals surface area (Å²) < 4.78 is 10.5. The number of benzene rings is 2. The van der Waals surface area contributed by atoms with Crippen LogP contribution in [0.3, 0.4) is 0 Å². The van der Waals surface area contributed by atoms with Crippen molar-refractivity contribution in [2.24, 2.45) is 5.92 Å². The second-order valence-electron chi connectivity index (χ2n) is 7.50. The van der Waals surface area contributed by atoms with Crippen molar-refractivity contribution in [2.45, 2.75) is 12.8 Å². The highest BCUT2D eigenvalue weighted by Gasteiger charge is 2.34. The molecule has 1 fully saturated rings. The van der Waals surface area contributed by atoms with Gasteiger partial charge in [-0.2, -0.15) is 0 Å². The van der Waals surface area contributed by atoms with Crippen LogP contribution in [0.5, 0.6) is 5.75 Å². The van der Waals surface area contributed by atoms with E-state index in [1.165, 1.54) is 0 Å². The maximum absolute atomic E-state index is 12.4. The Bertz CT molecular complexity index is 1000. The molecule has 3 amide bonds. The molecule has 2 N–H and O–H groups in total. The molecule has 1 heterocycles. The van der Waals surface area contributed by atoms with E-state index in [1.54, 1.807) is 54.5 Å². The van der Waals surface area contributed by atoms with Gasteiger partial charge in [0.25, 0.3) is 5.91 Å². The van der Waals surface area contributed by atoms with Crippen LogP contribution in [0, 0.1) is 5.92 Å². The first kappa shape index (κ1) is 24.8. The van der Waals surface area contributed by atoms with Crippen molar-refractivity contribution >= 4 is 52.3 Å². The molecule has 33 heavy (non-hydrogen) atoms. The van der Waals surface area contributed by atoms with E-state index in [2.05, 4.69) is 10.6 Å². The van der Waals surface area contributed by atoms with Crippen molar-refractivity contribution in [3.8, 4) is 5.75 Å². The highest BCUT2D eigenvalue weighted by atomic mass is 35.5. The highest BCUT2D eigenvalue weighted by Crippen LogP contribution is 2.27. The third-order valence-corrected chi connectivity index (χ3v) is 5.78. The zero-order valence-electron chi connectivity index (χ0n) is 18.1. The number of nitrogens with one attached hydrogen (secondary N) is 2. The van der Waals surface area contributed by atoms with Crippen molar-refractivity contribution < 1.29 is 23.9 Å². The average Bonchev–Trinajstić information content (AvgIpc) is 3.20. The minimum absolute atomic E-state index is 0.110. The molecule has 0 saturated carbocycles. The molecular weight excluding hydrogens is 469 g/mol. The summed E-state index contributed by atoms with van der Waals surface area (Å²) in [5, 5.41) is 6.26. The van der Waals surface area contributed by atoms with E-state index in [-0.39, 0.29) is 36.7 Å². The van der Waals surface area contributed by atoms with Crippen LogP contribution in [0.1, 0.15) is 12.8 Å². The molecule has 0 spiro atoms. The van der Waals surface area contributed by atoms with Gasteiger partial charge in [-0.1, -0.05) is 23.2 Å². The molecule has 176 valence electrons. The lowest BCUT2D eigenvalue weighted by molar-refractivity contribution is -0.126. The summed E-state index contributed by atoms with van der Waals surface area (Å²) in [7, 11) is 1.61. The van der Waals surface area contributed by atoms with E-state index in [0.717, 1.165) is 6.42 Å². The molecule has 1 atom stereocenters. The van der Waals surface area contributed by atoms with Gasteiger partial charge in [-0.15, -0.1) is 0 Å². The van der Waals surface area contributed by atoms with Crippen LogP contribution in [-0.4, -0.2) is 51.1 Å². The minimum atomic E-state index is -0.388. The fraction of sp³-hybridized carbons (Fsp3) is 0.348. The normalized spacial score (nSPS) is 15.4. The average molecular weight is 494 g/mol. The van der Waals surface area contributed by atoms with Gasteiger partial charge in [0.2, 0.25) is 11.8 Å². The van der Waals surface area contributed by atoms with Crippen molar-refractivity contribution in [3.05, 3.63) is 52.5 Å². The van der Waals surface area contributed by atoms with Crippen LogP contribution in [0.4, 0.5) is 11.4 Å². The topological polar surface area (TPSA) is 97.0 Å². The zero-order chi connectivity index (χ0) is 23.8. The smallest absolute Gasteiger partial charge is 0.262 e. The number of ether oxygens (including phenoxy) is 2. The number of carbonyl (C=O) groups excluding carboxylic acids is 3. The predicted molar refractivity (Wildman–Crippen MR) is 127 cm³/mol. The van der Waals surface area contributed by atoms with Gasteiger partial charge in [0.05, 0.1) is 16.0 Å². The molecule has 0 unspecified atom stereocenters. The summed E-state index contributed by atoms with van der Waals surface area (Å²) in [5.74, 6) is -0.508. The Kier molecular flexibility index (Phi) is 8.94. The summed E-state index contributed by atoms with van der Waals surface area (Å²) in [6.45, 7) is 1.21. The Morgan fingerprint density at radius 1 is 1.12 bits per heavy atom. The number of hydrogen-bond acceptors (Lipinski definition) is 5. The Balaban J connectivity index is 1.48. The second kappa shape index (κ2) is 11.9. The third kappa shape index (κ3) is 7.08. The van der Waals surface area contributed by atoms with Crippen LogP contribution in [-0.2, 0) is 19.1 Å². The van der Waals surface area contributed by atoms with Crippen LogP contribution < -0.4 is 20.3 Å². The molecule has 1 aliphatic heterocycles. The van der Waals surface area contributed by atoms with E-state index < -0.39 is 0 Å². The lowest BCUT2D eigenvalue weighted by atomic mass is 10.1. The van der Waals surface area contributed by atoms with Gasteiger partial charge >= 0.3 is 0 Å². The fourth-order valence-corrected chi connectivity index (χ4v) is 3.65. The number of anilines is 2. The molecule has 10 heteroatoms. The molecular formula is C23H25Cl2N3O5. The largest absolute Gasteiger partial charge is 0.484 e. The van der Waals surface area contributed by atoms with Gasteiger partial charge in [0, 0.05) is 44.6 Å². The van der Waals surface area contributed by atoms with Crippen LogP contribution in [0.15, 0.2) is 42.5 Å². The van der Waals surface area contributed by atoms with Gasteiger partial charge in [-0.25, -0.2) is 0 Å². The first-order valence-electron chi connectivity index (χ1n) is 10.4. The van der Waals surface area contributed by atoms with Gasteiger partial charge in [-0.3, -0.25) is 14.4 Å². The van der Waals surface area contributed by atoms with Gasteiger partial charge in [0.15, 0.2) is 6.61 Å². The highest BCUT2D eigenvalue weighted by molar-refractivity contribution is 6.42. The Morgan fingerprint density at radius 2 is 1.88 bits per heavy atom. The number of amides is 3. The van der Waals surface area contributed by atoms with Crippen LogP contribution in [0.25, 0.3) is 0 Å². The fourth-order valence-electron chi connectivity index (χ4n) is 3.35.